The normalized spacial score (nSPS) is 12.2. The van der Waals surface area contributed by atoms with Crippen molar-refractivity contribution in [3.8, 4) is 11.5 Å². The maximum atomic E-state index is 5.95. The Morgan fingerprint density at radius 2 is 1.95 bits per heavy atom. The summed E-state index contributed by atoms with van der Waals surface area (Å²) < 4.78 is 6.94. The highest BCUT2D eigenvalue weighted by atomic mass is 79.9. The second-order valence-electron chi connectivity index (χ2n) is 4.71. The van der Waals surface area contributed by atoms with Gasteiger partial charge in [-0.15, -0.1) is 0 Å². The molecule has 1 atom stereocenters. The van der Waals surface area contributed by atoms with Gasteiger partial charge in [-0.05, 0) is 62.4 Å². The number of aryl methyl sites for hydroxylation is 1. The van der Waals surface area contributed by atoms with Gasteiger partial charge in [0.05, 0.1) is 0 Å². The Kier molecular flexibility index (Phi) is 5.08. The molecule has 0 saturated heterocycles. The molecule has 2 rings (SSSR count). The number of ether oxygens (including phenoxy) is 1. The van der Waals surface area contributed by atoms with Crippen LogP contribution in [0.5, 0.6) is 11.5 Å². The molecule has 0 aliphatic heterocycles. The van der Waals surface area contributed by atoms with E-state index in [9.17, 15) is 0 Å². The number of benzene rings is 2. The lowest BCUT2D eigenvalue weighted by Gasteiger charge is -2.15. The minimum atomic E-state index is 0.288. The molecule has 0 amide bonds. The van der Waals surface area contributed by atoms with E-state index in [-0.39, 0.29) is 6.04 Å². The number of hydrogen-bond donors (Lipinski definition) is 1. The fourth-order valence-corrected chi connectivity index (χ4v) is 2.86. The third kappa shape index (κ3) is 3.54. The van der Waals surface area contributed by atoms with Crippen LogP contribution in [0.4, 0.5) is 0 Å². The molecule has 2 aromatic rings. The quantitative estimate of drug-likeness (QED) is 0.784. The molecule has 0 spiro atoms. The van der Waals surface area contributed by atoms with Crippen molar-refractivity contribution in [2.24, 2.45) is 0 Å². The molecule has 0 heterocycles. The first-order chi connectivity index (χ1) is 9.51. The maximum Gasteiger partial charge on any atom is 0.130 e. The molecular formula is C16H17BrClNO. The van der Waals surface area contributed by atoms with Crippen molar-refractivity contribution in [1.82, 2.24) is 5.32 Å². The Labute approximate surface area is 133 Å². The zero-order chi connectivity index (χ0) is 14.7. The first-order valence-electron chi connectivity index (χ1n) is 6.42. The van der Waals surface area contributed by atoms with E-state index < -0.39 is 0 Å². The van der Waals surface area contributed by atoms with Gasteiger partial charge in [-0.25, -0.2) is 0 Å². The first-order valence-corrected chi connectivity index (χ1v) is 7.59. The number of rotatable bonds is 4. The van der Waals surface area contributed by atoms with Crippen LogP contribution in [-0.4, -0.2) is 7.05 Å². The smallest absolute Gasteiger partial charge is 0.130 e. The third-order valence-electron chi connectivity index (χ3n) is 3.24. The highest BCUT2D eigenvalue weighted by Gasteiger charge is 2.09. The minimum Gasteiger partial charge on any atom is -0.457 e. The van der Waals surface area contributed by atoms with E-state index in [1.807, 2.05) is 44.3 Å². The second kappa shape index (κ2) is 6.61. The Bertz CT molecular complexity index is 615. The summed E-state index contributed by atoms with van der Waals surface area (Å²) in [6, 6.07) is 11.9. The highest BCUT2D eigenvalue weighted by molar-refractivity contribution is 9.10. The Balaban J connectivity index is 2.24. The molecule has 20 heavy (non-hydrogen) atoms. The van der Waals surface area contributed by atoms with Gasteiger partial charge in [0.2, 0.25) is 0 Å². The first kappa shape index (κ1) is 15.4. The molecule has 1 unspecified atom stereocenters. The van der Waals surface area contributed by atoms with Crippen molar-refractivity contribution >= 4 is 27.5 Å². The van der Waals surface area contributed by atoms with Crippen molar-refractivity contribution in [3.05, 3.63) is 57.0 Å². The van der Waals surface area contributed by atoms with Crippen LogP contribution in [-0.2, 0) is 0 Å². The van der Waals surface area contributed by atoms with Gasteiger partial charge >= 0.3 is 0 Å². The molecule has 0 bridgehead atoms. The standard InChI is InChI=1S/C16H17BrClNO/c1-10-8-12(18)4-7-16(10)20-13-5-6-14(11(2)19-3)15(17)9-13/h4-9,11,19H,1-3H3. The zero-order valence-electron chi connectivity index (χ0n) is 11.7. The van der Waals surface area contributed by atoms with E-state index in [2.05, 4.69) is 34.2 Å². The fraction of sp³-hybridized carbons (Fsp3) is 0.250. The number of halogens is 2. The van der Waals surface area contributed by atoms with Gasteiger partial charge in [-0.2, -0.15) is 0 Å². The summed E-state index contributed by atoms with van der Waals surface area (Å²) in [7, 11) is 1.94. The molecular weight excluding hydrogens is 338 g/mol. The molecule has 2 aromatic carbocycles. The lowest BCUT2D eigenvalue weighted by Crippen LogP contribution is -2.12. The van der Waals surface area contributed by atoms with Crippen molar-refractivity contribution in [2.75, 3.05) is 7.05 Å². The zero-order valence-corrected chi connectivity index (χ0v) is 14.0. The van der Waals surface area contributed by atoms with Crippen LogP contribution in [0, 0.1) is 6.92 Å². The predicted octanol–water partition coefficient (Wildman–Crippen LogP) is 5.48. The van der Waals surface area contributed by atoms with Gasteiger partial charge in [0, 0.05) is 15.5 Å². The van der Waals surface area contributed by atoms with E-state index in [4.69, 9.17) is 16.3 Å². The molecule has 2 nitrogen and oxygen atoms in total. The average molecular weight is 355 g/mol. The highest BCUT2D eigenvalue weighted by Crippen LogP contribution is 2.32. The summed E-state index contributed by atoms with van der Waals surface area (Å²) in [5.41, 5.74) is 2.22. The monoisotopic (exact) mass is 353 g/mol. The van der Waals surface area contributed by atoms with Crippen molar-refractivity contribution in [2.45, 2.75) is 19.9 Å². The van der Waals surface area contributed by atoms with Crippen molar-refractivity contribution in [1.29, 1.82) is 0 Å². The second-order valence-corrected chi connectivity index (χ2v) is 6.00. The Morgan fingerprint density at radius 3 is 2.55 bits per heavy atom. The Morgan fingerprint density at radius 1 is 1.20 bits per heavy atom. The molecule has 1 N–H and O–H groups in total. The van der Waals surface area contributed by atoms with Crippen LogP contribution in [0.15, 0.2) is 40.9 Å². The molecule has 0 aliphatic rings. The Hall–Kier alpha value is -1.03. The van der Waals surface area contributed by atoms with Crippen LogP contribution >= 0.6 is 27.5 Å². The van der Waals surface area contributed by atoms with Gasteiger partial charge in [0.25, 0.3) is 0 Å². The summed E-state index contributed by atoms with van der Waals surface area (Å²) >= 11 is 9.54. The molecule has 4 heteroatoms. The fourth-order valence-electron chi connectivity index (χ4n) is 1.93. The van der Waals surface area contributed by atoms with Crippen LogP contribution in [0.3, 0.4) is 0 Å². The predicted molar refractivity (Wildman–Crippen MR) is 87.9 cm³/mol. The molecule has 0 aliphatic carbocycles. The van der Waals surface area contributed by atoms with E-state index in [1.54, 1.807) is 0 Å². The summed E-state index contributed by atoms with van der Waals surface area (Å²) in [4.78, 5) is 0. The molecule has 106 valence electrons. The van der Waals surface area contributed by atoms with Crippen LogP contribution < -0.4 is 10.1 Å². The summed E-state index contributed by atoms with van der Waals surface area (Å²) in [6.07, 6.45) is 0. The lowest BCUT2D eigenvalue weighted by atomic mass is 10.1. The van der Waals surface area contributed by atoms with Crippen molar-refractivity contribution in [3.63, 3.8) is 0 Å². The van der Waals surface area contributed by atoms with Crippen LogP contribution in [0.2, 0.25) is 5.02 Å². The van der Waals surface area contributed by atoms with Gasteiger partial charge in [-0.1, -0.05) is 33.6 Å². The van der Waals surface area contributed by atoms with E-state index >= 15 is 0 Å². The summed E-state index contributed by atoms with van der Waals surface area (Å²) in [6.45, 7) is 4.09. The maximum absolute atomic E-state index is 5.95. The van der Waals surface area contributed by atoms with E-state index in [0.717, 1.165) is 21.5 Å². The van der Waals surface area contributed by atoms with Gasteiger partial charge in [0.15, 0.2) is 0 Å². The summed E-state index contributed by atoms with van der Waals surface area (Å²) in [5, 5.41) is 3.94. The number of hydrogen-bond acceptors (Lipinski definition) is 2. The van der Waals surface area contributed by atoms with Crippen LogP contribution in [0.1, 0.15) is 24.1 Å². The van der Waals surface area contributed by atoms with Gasteiger partial charge in [-0.3, -0.25) is 0 Å². The van der Waals surface area contributed by atoms with Gasteiger partial charge < -0.3 is 10.1 Å². The van der Waals surface area contributed by atoms with Crippen molar-refractivity contribution < 1.29 is 4.74 Å². The molecule has 0 radical (unpaired) electrons. The molecule has 0 fully saturated rings. The third-order valence-corrected chi connectivity index (χ3v) is 4.16. The SMILES string of the molecule is CNC(C)c1ccc(Oc2ccc(Cl)cc2C)cc1Br. The molecule has 0 saturated carbocycles. The average Bonchev–Trinajstić information content (AvgIpc) is 2.41. The van der Waals surface area contributed by atoms with E-state index in [1.165, 1.54) is 5.56 Å². The number of nitrogens with one attached hydrogen (secondary N) is 1. The summed E-state index contributed by atoms with van der Waals surface area (Å²) in [5.74, 6) is 1.62. The molecule has 0 aromatic heterocycles. The topological polar surface area (TPSA) is 21.3 Å². The largest absolute Gasteiger partial charge is 0.457 e. The minimum absolute atomic E-state index is 0.288. The lowest BCUT2D eigenvalue weighted by molar-refractivity contribution is 0.478. The van der Waals surface area contributed by atoms with Gasteiger partial charge in [0.1, 0.15) is 11.5 Å². The van der Waals surface area contributed by atoms with E-state index in [0.29, 0.717) is 5.02 Å². The van der Waals surface area contributed by atoms with Crippen LogP contribution in [0.25, 0.3) is 0 Å².